The van der Waals surface area contributed by atoms with Crippen molar-refractivity contribution in [1.82, 2.24) is 9.80 Å². The van der Waals surface area contributed by atoms with Gasteiger partial charge in [-0.1, -0.05) is 59.6 Å². The van der Waals surface area contributed by atoms with E-state index in [4.69, 9.17) is 27.9 Å². The van der Waals surface area contributed by atoms with Crippen LogP contribution in [0, 0.1) is 5.82 Å². The smallest absolute Gasteiger partial charge is 0.127 e. The molecule has 4 rings (SSSR count). The summed E-state index contributed by atoms with van der Waals surface area (Å²) in [5.74, 6) is 0.626. The van der Waals surface area contributed by atoms with Gasteiger partial charge in [0.05, 0.1) is 13.3 Å². The van der Waals surface area contributed by atoms with Crippen LogP contribution in [0.1, 0.15) is 29.3 Å². The molecule has 1 aliphatic rings. The molecule has 3 nitrogen and oxygen atoms in total. The maximum Gasteiger partial charge on any atom is 0.127 e. The van der Waals surface area contributed by atoms with Gasteiger partial charge in [0.25, 0.3) is 0 Å². The summed E-state index contributed by atoms with van der Waals surface area (Å²) >= 11 is 13.3. The minimum absolute atomic E-state index is 0.166. The molecule has 1 heterocycles. The molecule has 0 spiro atoms. The van der Waals surface area contributed by atoms with E-state index in [0.29, 0.717) is 28.7 Å². The lowest BCUT2D eigenvalue weighted by molar-refractivity contribution is -0.00954. The molecule has 1 atom stereocenters. The Bertz CT molecular complexity index is 1030. The van der Waals surface area contributed by atoms with Gasteiger partial charge in [-0.05, 0) is 42.3 Å². The van der Waals surface area contributed by atoms with Gasteiger partial charge in [0, 0.05) is 47.4 Å². The van der Waals surface area contributed by atoms with Crippen molar-refractivity contribution >= 4 is 23.2 Å². The van der Waals surface area contributed by atoms with E-state index in [1.807, 2.05) is 48.5 Å². The number of rotatable bonds is 6. The fourth-order valence-corrected chi connectivity index (χ4v) is 4.85. The largest absolute Gasteiger partial charge is 0.497 e. The predicted octanol–water partition coefficient (Wildman–Crippen LogP) is 6.55. The van der Waals surface area contributed by atoms with Gasteiger partial charge in [-0.2, -0.15) is 0 Å². The van der Waals surface area contributed by atoms with Crippen molar-refractivity contribution in [2.24, 2.45) is 0 Å². The van der Waals surface area contributed by atoms with Gasteiger partial charge in [0.1, 0.15) is 11.6 Å². The Balaban J connectivity index is 1.71. The normalized spacial score (nSPS) is 17.6. The third kappa shape index (κ3) is 5.04. The molecular formula is C25H25Cl2FN2O. The van der Waals surface area contributed by atoms with Gasteiger partial charge >= 0.3 is 0 Å². The van der Waals surface area contributed by atoms with Gasteiger partial charge in [-0.3, -0.25) is 9.80 Å². The molecule has 0 aromatic heterocycles. The lowest BCUT2D eigenvalue weighted by Crippen LogP contribution is -2.47. The van der Waals surface area contributed by atoms with Crippen LogP contribution in [0.2, 0.25) is 10.0 Å². The van der Waals surface area contributed by atoms with E-state index in [1.165, 1.54) is 6.07 Å². The highest BCUT2D eigenvalue weighted by atomic mass is 35.5. The van der Waals surface area contributed by atoms with Gasteiger partial charge in [-0.15, -0.1) is 0 Å². The van der Waals surface area contributed by atoms with Gasteiger partial charge < -0.3 is 4.74 Å². The molecule has 1 saturated heterocycles. The third-order valence-electron chi connectivity index (χ3n) is 5.69. The maximum atomic E-state index is 14.5. The van der Waals surface area contributed by atoms with Crippen molar-refractivity contribution in [2.45, 2.75) is 25.7 Å². The molecule has 0 N–H and O–H groups in total. The summed E-state index contributed by atoms with van der Waals surface area (Å²) in [5.41, 5.74) is 2.67. The summed E-state index contributed by atoms with van der Waals surface area (Å²) in [6.45, 7) is 2.90. The summed E-state index contributed by atoms with van der Waals surface area (Å²) in [7, 11) is 1.67. The number of hydrogen-bond acceptors (Lipinski definition) is 3. The topological polar surface area (TPSA) is 15.7 Å². The predicted molar refractivity (Wildman–Crippen MR) is 124 cm³/mol. The quantitative estimate of drug-likeness (QED) is 0.416. The summed E-state index contributed by atoms with van der Waals surface area (Å²) in [4.78, 5) is 4.61. The number of nitrogens with zero attached hydrogens (tertiary/aromatic N) is 2. The van der Waals surface area contributed by atoms with Crippen LogP contribution in [0.25, 0.3) is 0 Å². The zero-order valence-electron chi connectivity index (χ0n) is 17.4. The highest BCUT2D eigenvalue weighted by Gasteiger charge is 2.34. The van der Waals surface area contributed by atoms with E-state index < -0.39 is 0 Å². The number of ether oxygens (including phenoxy) is 1. The molecule has 1 fully saturated rings. The number of halogens is 3. The lowest BCUT2D eigenvalue weighted by atomic mass is 10.0. The average molecular weight is 459 g/mol. The zero-order chi connectivity index (χ0) is 21.8. The molecule has 0 radical (unpaired) electrons. The van der Waals surface area contributed by atoms with E-state index in [2.05, 4.69) is 15.9 Å². The van der Waals surface area contributed by atoms with E-state index in [1.54, 1.807) is 13.2 Å². The number of benzene rings is 3. The van der Waals surface area contributed by atoms with Crippen molar-refractivity contribution in [2.75, 3.05) is 20.2 Å². The first kappa shape index (κ1) is 22.1. The molecule has 6 heteroatoms. The lowest BCUT2D eigenvalue weighted by Gasteiger charge is -2.45. The summed E-state index contributed by atoms with van der Waals surface area (Å²) in [5, 5.41) is 1.24. The Morgan fingerprint density at radius 2 is 1.58 bits per heavy atom. The second-order valence-corrected chi connectivity index (χ2v) is 8.56. The van der Waals surface area contributed by atoms with E-state index in [0.717, 1.165) is 36.4 Å². The van der Waals surface area contributed by atoms with E-state index >= 15 is 0 Å². The second kappa shape index (κ2) is 10.0. The summed E-state index contributed by atoms with van der Waals surface area (Å²) < 4.78 is 19.8. The molecule has 31 heavy (non-hydrogen) atoms. The van der Waals surface area contributed by atoms with Gasteiger partial charge in [0.2, 0.25) is 0 Å². The molecule has 1 aliphatic heterocycles. The van der Waals surface area contributed by atoms with Crippen LogP contribution < -0.4 is 4.74 Å². The number of hydrogen-bond donors (Lipinski definition) is 0. The summed E-state index contributed by atoms with van der Waals surface area (Å²) in [6.07, 6.45) is 0.803. The average Bonchev–Trinajstić information content (AvgIpc) is 2.77. The molecular weight excluding hydrogens is 434 g/mol. The maximum absolute atomic E-state index is 14.5. The fraction of sp³-hybridized carbons (Fsp3) is 0.280. The minimum Gasteiger partial charge on any atom is -0.497 e. The van der Waals surface area contributed by atoms with Crippen LogP contribution in [0.5, 0.6) is 5.75 Å². The summed E-state index contributed by atoms with van der Waals surface area (Å²) in [6, 6.07) is 20.6. The Labute approximate surface area is 192 Å². The minimum atomic E-state index is -0.198. The Kier molecular flexibility index (Phi) is 7.13. The molecule has 0 aliphatic carbocycles. The Hall–Kier alpha value is -2.11. The van der Waals surface area contributed by atoms with E-state index in [9.17, 15) is 4.39 Å². The SMILES string of the molecule is COc1cccc(CN2CCCN(Cc3ccccc3F)[C@H]2c2c(Cl)cccc2Cl)c1. The molecule has 3 aromatic rings. The van der Waals surface area contributed by atoms with Crippen LogP contribution >= 0.6 is 23.2 Å². The molecule has 0 unspecified atom stereocenters. The zero-order valence-corrected chi connectivity index (χ0v) is 18.9. The van der Waals surface area contributed by atoms with Crippen LogP contribution in [0.4, 0.5) is 4.39 Å². The first-order valence-corrected chi connectivity index (χ1v) is 11.1. The first-order valence-electron chi connectivity index (χ1n) is 10.3. The second-order valence-electron chi connectivity index (χ2n) is 7.75. The number of methoxy groups -OCH3 is 1. The first-order chi connectivity index (χ1) is 15.1. The molecule has 0 amide bonds. The van der Waals surface area contributed by atoms with Crippen LogP contribution in [-0.4, -0.2) is 30.0 Å². The van der Waals surface area contributed by atoms with E-state index in [-0.39, 0.29) is 12.0 Å². The molecule has 0 saturated carbocycles. The molecule has 3 aromatic carbocycles. The highest BCUT2D eigenvalue weighted by Crippen LogP contribution is 2.39. The third-order valence-corrected chi connectivity index (χ3v) is 6.35. The standard InChI is InChI=1S/C25H25Cl2FN2O/c1-31-20-9-4-7-18(15-20)16-29-13-6-14-30(17-19-8-2-3-12-23(19)28)25(29)24-21(26)10-5-11-22(24)27/h2-5,7-12,15,25H,6,13-14,16-17H2,1H3/t25-/m0/s1. The van der Waals surface area contributed by atoms with Crippen LogP contribution in [0.15, 0.2) is 66.7 Å². The Morgan fingerprint density at radius 1 is 0.903 bits per heavy atom. The van der Waals surface area contributed by atoms with Crippen molar-refractivity contribution in [3.63, 3.8) is 0 Å². The molecule has 0 bridgehead atoms. The van der Waals surface area contributed by atoms with Gasteiger partial charge in [-0.25, -0.2) is 4.39 Å². The monoisotopic (exact) mass is 458 g/mol. The van der Waals surface area contributed by atoms with Crippen molar-refractivity contribution in [1.29, 1.82) is 0 Å². The van der Waals surface area contributed by atoms with Crippen molar-refractivity contribution < 1.29 is 9.13 Å². The van der Waals surface area contributed by atoms with Crippen LogP contribution in [0.3, 0.4) is 0 Å². The molecule has 162 valence electrons. The highest BCUT2D eigenvalue weighted by molar-refractivity contribution is 6.36. The Morgan fingerprint density at radius 3 is 2.29 bits per heavy atom. The van der Waals surface area contributed by atoms with Crippen LogP contribution in [-0.2, 0) is 13.1 Å². The fourth-order valence-electron chi connectivity index (χ4n) is 4.26. The van der Waals surface area contributed by atoms with Crippen molar-refractivity contribution in [3.05, 3.63) is 99.3 Å². The van der Waals surface area contributed by atoms with Crippen molar-refractivity contribution in [3.8, 4) is 5.75 Å². The van der Waals surface area contributed by atoms with Gasteiger partial charge in [0.15, 0.2) is 0 Å².